The molecule has 0 radical (unpaired) electrons. The van der Waals surface area contributed by atoms with Crippen LogP contribution in [0.2, 0.25) is 0 Å². The molecule has 0 spiro atoms. The second kappa shape index (κ2) is 4.33. The predicted octanol–water partition coefficient (Wildman–Crippen LogP) is 0.862. The van der Waals surface area contributed by atoms with Crippen molar-refractivity contribution in [1.29, 1.82) is 0 Å². The summed E-state index contributed by atoms with van der Waals surface area (Å²) in [5.41, 5.74) is 0. The number of hydrogen-bond acceptors (Lipinski definition) is 3. The van der Waals surface area contributed by atoms with E-state index in [1.54, 1.807) is 0 Å². The van der Waals surface area contributed by atoms with Gasteiger partial charge in [0.25, 0.3) is 5.91 Å². The first kappa shape index (κ1) is 14.0. The largest absolute Gasteiger partial charge is 0.409 e. The van der Waals surface area contributed by atoms with E-state index in [4.69, 9.17) is 5.11 Å². The highest BCUT2D eigenvalue weighted by Gasteiger charge is 2.62. The van der Waals surface area contributed by atoms with E-state index in [2.05, 4.69) is 4.84 Å². The molecule has 0 aromatic carbocycles. The van der Waals surface area contributed by atoms with Crippen molar-refractivity contribution < 1.29 is 41.1 Å². The predicted molar refractivity (Wildman–Crippen MR) is 39.3 cm³/mol. The second-order valence-corrected chi connectivity index (χ2v) is 3.37. The van der Waals surface area contributed by atoms with Gasteiger partial charge in [-0.15, -0.1) is 0 Å². The molecule has 1 amide bonds. The molecular formula is C7H7F6NO3. The average molecular weight is 267 g/mol. The Morgan fingerprint density at radius 2 is 1.71 bits per heavy atom. The molecule has 1 aliphatic rings. The van der Waals surface area contributed by atoms with Gasteiger partial charge >= 0.3 is 12.4 Å². The average Bonchev–Trinajstić information content (AvgIpc) is 2.45. The number of hydrogen-bond donors (Lipinski definition) is 1. The molecule has 1 N–H and O–H groups in total. The number of carbonyl (C=O) groups excluding carboxylic acids is 1. The molecule has 4 nitrogen and oxygen atoms in total. The topological polar surface area (TPSA) is 49.8 Å². The summed E-state index contributed by atoms with van der Waals surface area (Å²) in [6.07, 6.45) is -12.8. The highest BCUT2D eigenvalue weighted by atomic mass is 19.4. The molecule has 0 aliphatic carbocycles. The fourth-order valence-corrected chi connectivity index (χ4v) is 1.24. The normalized spacial score (nSPS) is 22.4. The Labute approximate surface area is 90.7 Å². The first-order chi connectivity index (χ1) is 7.53. The van der Waals surface area contributed by atoms with Gasteiger partial charge in [-0.2, -0.15) is 26.3 Å². The number of hydroxylamine groups is 2. The van der Waals surface area contributed by atoms with Gasteiger partial charge in [0.15, 0.2) is 0 Å². The maximum absolute atomic E-state index is 12.1. The summed E-state index contributed by atoms with van der Waals surface area (Å²) in [5, 5.41) is 8.74. The zero-order valence-electron chi connectivity index (χ0n) is 8.05. The second-order valence-electron chi connectivity index (χ2n) is 3.37. The van der Waals surface area contributed by atoms with Gasteiger partial charge in [-0.25, -0.2) is 5.06 Å². The molecule has 1 aliphatic heterocycles. The number of halogens is 6. The minimum atomic E-state index is -5.76. The van der Waals surface area contributed by atoms with Gasteiger partial charge in [0, 0.05) is 0 Å². The highest BCUT2D eigenvalue weighted by molar-refractivity contribution is 5.79. The third-order valence-electron chi connectivity index (χ3n) is 1.95. The van der Waals surface area contributed by atoms with Crippen molar-refractivity contribution in [2.75, 3.05) is 13.2 Å². The summed E-state index contributed by atoms with van der Waals surface area (Å²) in [7, 11) is 0. The third-order valence-corrected chi connectivity index (χ3v) is 1.95. The Bertz CT molecular complexity index is 287. The van der Waals surface area contributed by atoms with E-state index in [9.17, 15) is 31.1 Å². The van der Waals surface area contributed by atoms with Crippen LogP contribution in [-0.2, 0) is 9.63 Å². The smallest absolute Gasteiger partial charge is 0.389 e. The van der Waals surface area contributed by atoms with Gasteiger partial charge in [-0.05, 0) is 0 Å². The quantitative estimate of drug-likeness (QED) is 0.717. The summed E-state index contributed by atoms with van der Waals surface area (Å²) < 4.78 is 72.8. The van der Waals surface area contributed by atoms with Crippen LogP contribution in [0.15, 0.2) is 0 Å². The van der Waals surface area contributed by atoms with E-state index in [0.29, 0.717) is 0 Å². The first-order valence-electron chi connectivity index (χ1n) is 4.29. The van der Waals surface area contributed by atoms with Gasteiger partial charge in [0.1, 0.15) is 6.61 Å². The molecule has 0 saturated carbocycles. The Morgan fingerprint density at radius 1 is 1.24 bits per heavy atom. The summed E-state index contributed by atoms with van der Waals surface area (Å²) in [5.74, 6) is -6.41. The molecule has 1 heterocycles. The van der Waals surface area contributed by atoms with Crippen molar-refractivity contribution in [3.63, 3.8) is 0 Å². The lowest BCUT2D eigenvalue weighted by atomic mass is 10.1. The summed E-state index contributed by atoms with van der Waals surface area (Å²) in [4.78, 5) is 15.3. The summed E-state index contributed by atoms with van der Waals surface area (Å²) in [6, 6.07) is 0. The van der Waals surface area contributed by atoms with Crippen LogP contribution in [0.1, 0.15) is 0 Å². The zero-order chi connectivity index (χ0) is 13.4. The monoisotopic (exact) mass is 267 g/mol. The van der Waals surface area contributed by atoms with Crippen molar-refractivity contribution in [2.45, 2.75) is 18.5 Å². The Kier molecular flexibility index (Phi) is 3.58. The van der Waals surface area contributed by atoms with E-state index in [0.717, 1.165) is 0 Å². The van der Waals surface area contributed by atoms with Gasteiger partial charge in [0.2, 0.25) is 5.92 Å². The molecule has 0 bridgehead atoms. The number of carbonyl (C=O) groups is 1. The number of nitrogens with zero attached hydrogens (tertiary/aromatic N) is 1. The van der Waals surface area contributed by atoms with Crippen molar-refractivity contribution >= 4 is 5.91 Å². The Balaban J connectivity index is 2.89. The summed E-state index contributed by atoms with van der Waals surface area (Å²) >= 11 is 0. The molecule has 10 heteroatoms. The fraction of sp³-hybridized carbons (Fsp3) is 0.857. The van der Waals surface area contributed by atoms with Crippen LogP contribution in [0.5, 0.6) is 0 Å². The maximum Gasteiger partial charge on any atom is 0.409 e. The van der Waals surface area contributed by atoms with Crippen molar-refractivity contribution in [3.05, 3.63) is 0 Å². The van der Waals surface area contributed by atoms with E-state index in [-0.39, 0.29) is 5.06 Å². The minimum Gasteiger partial charge on any atom is -0.389 e. The van der Waals surface area contributed by atoms with Crippen LogP contribution in [0.25, 0.3) is 0 Å². The molecule has 0 aromatic rings. The number of alkyl halides is 6. The molecule has 1 rings (SSSR count). The first-order valence-corrected chi connectivity index (χ1v) is 4.29. The van der Waals surface area contributed by atoms with E-state index >= 15 is 0 Å². The number of amides is 1. The van der Waals surface area contributed by atoms with E-state index in [1.165, 1.54) is 0 Å². The van der Waals surface area contributed by atoms with Crippen LogP contribution in [0.3, 0.4) is 0 Å². The van der Waals surface area contributed by atoms with Gasteiger partial charge in [-0.1, -0.05) is 0 Å². The van der Waals surface area contributed by atoms with E-state index in [1.807, 2.05) is 0 Å². The van der Waals surface area contributed by atoms with Gasteiger partial charge in [0.05, 0.1) is 12.6 Å². The summed E-state index contributed by atoms with van der Waals surface area (Å²) in [6.45, 7) is -1.24. The van der Waals surface area contributed by atoms with E-state index < -0.39 is 43.4 Å². The molecule has 1 atom stereocenters. The number of aliphatic hydroxyl groups is 1. The number of β-amino-alcohol motifs (C(OH)–C–C–N with tert-alkyl or cyclic N) is 1. The highest BCUT2D eigenvalue weighted by Crippen LogP contribution is 2.40. The zero-order valence-corrected chi connectivity index (χ0v) is 8.05. The van der Waals surface area contributed by atoms with Crippen molar-refractivity contribution in [3.8, 4) is 0 Å². The van der Waals surface area contributed by atoms with Crippen LogP contribution in [-0.4, -0.2) is 47.7 Å². The number of rotatable bonds is 1. The van der Waals surface area contributed by atoms with Crippen LogP contribution >= 0.6 is 0 Å². The van der Waals surface area contributed by atoms with Crippen LogP contribution < -0.4 is 0 Å². The standard InChI is InChI=1S/C7H7F6NO3/c8-6(9,10)4(7(11,12)13)5(16)14-1-3(15)2-17-14/h3-4,15H,1-2H2. The Hall–Kier alpha value is -1.03. The van der Waals surface area contributed by atoms with Gasteiger partial charge in [-0.3, -0.25) is 9.63 Å². The molecule has 17 heavy (non-hydrogen) atoms. The fourth-order valence-electron chi connectivity index (χ4n) is 1.24. The molecule has 1 saturated heterocycles. The number of aliphatic hydroxyl groups excluding tert-OH is 1. The molecule has 1 unspecified atom stereocenters. The molecular weight excluding hydrogens is 260 g/mol. The molecule has 0 aromatic heterocycles. The molecule has 1 fully saturated rings. The van der Waals surface area contributed by atoms with Gasteiger partial charge < -0.3 is 5.11 Å². The minimum absolute atomic E-state index is 0.115. The van der Waals surface area contributed by atoms with Crippen molar-refractivity contribution in [2.24, 2.45) is 5.92 Å². The lowest BCUT2D eigenvalue weighted by Gasteiger charge is -2.25. The molecule has 100 valence electrons. The Morgan fingerprint density at radius 3 is 2.00 bits per heavy atom. The van der Waals surface area contributed by atoms with Crippen molar-refractivity contribution in [1.82, 2.24) is 5.06 Å². The lowest BCUT2D eigenvalue weighted by molar-refractivity contribution is -0.285. The third kappa shape index (κ3) is 3.22. The van der Waals surface area contributed by atoms with Crippen LogP contribution in [0.4, 0.5) is 26.3 Å². The lowest BCUT2D eigenvalue weighted by Crippen LogP contribution is -2.48. The SMILES string of the molecule is O=C(C(C(F)(F)F)C(F)(F)F)N1CC(O)CO1. The maximum atomic E-state index is 12.1. The van der Waals surface area contributed by atoms with Crippen LogP contribution in [0, 0.1) is 5.92 Å².